The molecule has 1 N–H and O–H groups in total. The van der Waals surface area contributed by atoms with Crippen LogP contribution in [0.3, 0.4) is 0 Å². The zero-order chi connectivity index (χ0) is 41.8. The molecule has 316 valence electrons. The van der Waals surface area contributed by atoms with Gasteiger partial charge in [-0.25, -0.2) is 0 Å². The molecule has 5 heteroatoms. The number of ether oxygens (including phenoxy) is 3. The van der Waals surface area contributed by atoms with Gasteiger partial charge in [0.25, 0.3) is 0 Å². The van der Waals surface area contributed by atoms with Gasteiger partial charge in [-0.15, -0.1) is 0 Å². The Morgan fingerprint density at radius 2 is 0.932 bits per heavy atom. The lowest BCUT2D eigenvalue weighted by Gasteiger charge is -2.33. The molecule has 0 aliphatic carbocycles. The Labute approximate surface area is 359 Å². The van der Waals surface area contributed by atoms with Crippen molar-refractivity contribution in [2.45, 2.75) is 104 Å². The summed E-state index contributed by atoms with van der Waals surface area (Å²) in [5.74, 6) is 1.88. The molecule has 0 heterocycles. The van der Waals surface area contributed by atoms with Crippen molar-refractivity contribution in [3.8, 4) is 11.5 Å². The molecule has 0 amide bonds. The summed E-state index contributed by atoms with van der Waals surface area (Å²) in [4.78, 5) is 1.43. The molecule has 1 atom stereocenters. The smallest absolute Gasteiger partial charge is 0.119 e. The molecule has 0 saturated carbocycles. The van der Waals surface area contributed by atoms with Crippen LogP contribution in [-0.2, 0) is 16.7 Å². The number of nitrogens with one attached hydrogen (secondary N) is 1. The van der Waals surface area contributed by atoms with E-state index in [1.54, 1.807) is 0 Å². The van der Waals surface area contributed by atoms with Gasteiger partial charge in [-0.3, -0.25) is 0 Å². The average Bonchev–Trinajstić information content (AvgIpc) is 3.23. The molecule has 0 aliphatic heterocycles. The van der Waals surface area contributed by atoms with Crippen molar-refractivity contribution in [3.63, 3.8) is 0 Å². The minimum Gasteiger partial charge on any atom is -0.494 e. The summed E-state index contributed by atoms with van der Waals surface area (Å²) < 4.78 is 18.0. The van der Waals surface area contributed by atoms with E-state index >= 15 is 0 Å². The number of hydrogen-bond acceptors (Lipinski definition) is 3. The first-order chi connectivity index (χ1) is 28.5. The normalized spacial score (nSPS) is 12.6. The molecule has 59 heavy (non-hydrogen) atoms. The second kappa shape index (κ2) is 23.7. The van der Waals surface area contributed by atoms with Crippen LogP contribution in [0, 0.1) is 5.41 Å². The number of likely N-dealkylation sites (N-methyl/N-ethyl adjacent to an activating group) is 1. The van der Waals surface area contributed by atoms with Crippen molar-refractivity contribution in [2.24, 2.45) is 5.41 Å². The van der Waals surface area contributed by atoms with Crippen molar-refractivity contribution in [3.05, 3.63) is 151 Å². The van der Waals surface area contributed by atoms with E-state index in [2.05, 4.69) is 181 Å². The highest BCUT2D eigenvalue weighted by molar-refractivity contribution is 7.95. The summed E-state index contributed by atoms with van der Waals surface area (Å²) in [6.45, 7) is 16.2. The van der Waals surface area contributed by atoms with E-state index in [1.807, 2.05) is 0 Å². The van der Waals surface area contributed by atoms with E-state index in [9.17, 15) is 0 Å². The lowest BCUT2D eigenvalue weighted by atomic mass is 9.72. The topological polar surface area (TPSA) is 32.1 Å². The van der Waals surface area contributed by atoms with Crippen molar-refractivity contribution in [1.29, 1.82) is 0 Å². The summed E-state index contributed by atoms with van der Waals surface area (Å²) in [6.07, 6.45) is 12.5. The molecule has 0 fully saturated rings. The van der Waals surface area contributed by atoms with E-state index < -0.39 is 7.26 Å². The molecule has 0 aromatic heterocycles. The maximum atomic E-state index is 6.10. The van der Waals surface area contributed by atoms with Crippen LogP contribution < -0.4 is 30.3 Å². The highest BCUT2D eigenvalue weighted by Crippen LogP contribution is 2.56. The predicted octanol–water partition coefficient (Wildman–Crippen LogP) is 11.0. The van der Waals surface area contributed by atoms with E-state index in [0.717, 1.165) is 50.6 Å². The summed E-state index contributed by atoms with van der Waals surface area (Å²) in [7, 11) is 0.517. The number of rotatable bonds is 26. The average molecular weight is 816 g/mol. The van der Waals surface area contributed by atoms with Crippen LogP contribution in [-0.4, -0.2) is 46.2 Å². The van der Waals surface area contributed by atoms with Crippen LogP contribution in [0.1, 0.15) is 104 Å². The second-order valence-electron chi connectivity index (χ2n) is 18.4. The van der Waals surface area contributed by atoms with E-state index in [-0.39, 0.29) is 5.41 Å². The summed E-state index contributed by atoms with van der Waals surface area (Å²) in [6, 6.07) is 51.1. The minimum absolute atomic E-state index is 0.138. The molecule has 0 aliphatic rings. The Bertz CT molecular complexity index is 1760. The largest absolute Gasteiger partial charge is 0.494 e. The molecule has 4 nitrogen and oxygen atoms in total. The standard InChI is InChI=1S/C54H73NO3P/c1-53(2,3)45-54(4,5)47-32-36-49(37-33-47)58-42-41-56-40-38-55(6)44-46-30-34-48(35-31-46)57-39-22-11-9-7-8-10-12-23-43-59(50-24-16-13-17-25-50,51-26-18-14-19-27-51)52-28-20-15-21-29-52/h13-21,24-37H,7-12,22-23,38-45H2,1-6H3/q+1/p+1. The lowest BCUT2D eigenvalue weighted by molar-refractivity contribution is -0.894. The van der Waals surface area contributed by atoms with Crippen molar-refractivity contribution in [2.75, 3.05) is 46.2 Å². The fourth-order valence-electron chi connectivity index (χ4n) is 8.72. The fraction of sp³-hybridized carbons (Fsp3) is 0.444. The molecular weight excluding hydrogens is 742 g/mol. The Kier molecular flexibility index (Phi) is 18.6. The first kappa shape index (κ1) is 46.1. The third-order valence-corrected chi connectivity index (χ3v) is 16.0. The van der Waals surface area contributed by atoms with Gasteiger partial charge in [0, 0.05) is 5.56 Å². The van der Waals surface area contributed by atoms with Crippen LogP contribution in [0.5, 0.6) is 11.5 Å². The highest BCUT2D eigenvalue weighted by atomic mass is 31.2. The van der Waals surface area contributed by atoms with Gasteiger partial charge in [0.05, 0.1) is 33.0 Å². The summed E-state index contributed by atoms with van der Waals surface area (Å²) in [5, 5.41) is 4.48. The van der Waals surface area contributed by atoms with Crippen molar-refractivity contribution in [1.82, 2.24) is 0 Å². The summed E-state index contributed by atoms with van der Waals surface area (Å²) in [5.41, 5.74) is 3.11. The molecule has 5 rings (SSSR count). The zero-order valence-electron chi connectivity index (χ0n) is 37.3. The molecule has 5 aromatic carbocycles. The summed E-state index contributed by atoms with van der Waals surface area (Å²) >= 11 is 0. The maximum absolute atomic E-state index is 6.10. The number of benzene rings is 5. The van der Waals surface area contributed by atoms with Crippen LogP contribution in [0.2, 0.25) is 0 Å². The third kappa shape index (κ3) is 15.2. The molecule has 5 aromatic rings. The van der Waals surface area contributed by atoms with E-state index in [4.69, 9.17) is 14.2 Å². The Balaban J connectivity index is 0.896. The Morgan fingerprint density at radius 3 is 1.44 bits per heavy atom. The van der Waals surface area contributed by atoms with Crippen molar-refractivity contribution >= 4 is 23.2 Å². The number of hydrogen-bond donors (Lipinski definition) is 1. The van der Waals surface area contributed by atoms with Crippen LogP contribution in [0.15, 0.2) is 140 Å². The second-order valence-corrected chi connectivity index (χ2v) is 22.0. The molecule has 0 spiro atoms. The molecule has 0 saturated heterocycles. The first-order valence-electron chi connectivity index (χ1n) is 22.4. The van der Waals surface area contributed by atoms with Gasteiger partial charge < -0.3 is 19.1 Å². The fourth-order valence-corrected chi connectivity index (χ4v) is 13.1. The minimum atomic E-state index is -1.71. The van der Waals surface area contributed by atoms with E-state index in [0.29, 0.717) is 18.6 Å². The van der Waals surface area contributed by atoms with Crippen LogP contribution >= 0.6 is 7.26 Å². The first-order valence-corrected chi connectivity index (χ1v) is 24.4. The highest BCUT2D eigenvalue weighted by Gasteiger charge is 2.44. The SMILES string of the molecule is C[NH+](CCOCCOc1ccc(C(C)(C)CC(C)(C)C)cc1)Cc1ccc(OCCCCCCCCCC[P+](c2ccccc2)(c2ccccc2)c2ccccc2)cc1. The van der Waals surface area contributed by atoms with Gasteiger partial charge in [-0.1, -0.05) is 133 Å². The quantitative estimate of drug-likeness (QED) is 0.0446. The van der Waals surface area contributed by atoms with Crippen LogP contribution in [0.4, 0.5) is 0 Å². The van der Waals surface area contributed by atoms with Gasteiger partial charge in [0.1, 0.15) is 54.4 Å². The predicted molar refractivity (Wildman–Crippen MR) is 254 cm³/mol. The van der Waals surface area contributed by atoms with Gasteiger partial charge in [-0.05, 0) is 115 Å². The van der Waals surface area contributed by atoms with Gasteiger partial charge in [-0.2, -0.15) is 0 Å². The van der Waals surface area contributed by atoms with E-state index in [1.165, 1.54) is 83.0 Å². The van der Waals surface area contributed by atoms with Gasteiger partial charge in [0.15, 0.2) is 0 Å². The van der Waals surface area contributed by atoms with Gasteiger partial charge in [0.2, 0.25) is 0 Å². The van der Waals surface area contributed by atoms with Gasteiger partial charge >= 0.3 is 0 Å². The zero-order valence-corrected chi connectivity index (χ0v) is 38.2. The molecular formula is C54H74NO3P+2. The molecule has 1 unspecified atom stereocenters. The monoisotopic (exact) mass is 816 g/mol. The van der Waals surface area contributed by atoms with Crippen LogP contribution in [0.25, 0.3) is 0 Å². The molecule has 0 radical (unpaired) electrons. The third-order valence-electron chi connectivity index (χ3n) is 11.5. The maximum Gasteiger partial charge on any atom is 0.119 e. The lowest BCUT2D eigenvalue weighted by Crippen LogP contribution is -3.08. The number of unbranched alkanes of at least 4 members (excludes halogenated alkanes) is 7. The molecule has 0 bridgehead atoms. The Hall–Kier alpha value is -3.95. The van der Waals surface area contributed by atoms with Crippen molar-refractivity contribution < 1.29 is 19.1 Å². The number of quaternary nitrogens is 1. The Morgan fingerprint density at radius 1 is 0.475 bits per heavy atom.